The van der Waals surface area contributed by atoms with E-state index in [9.17, 15) is 0 Å². The van der Waals surface area contributed by atoms with E-state index in [1.165, 1.54) is 0 Å². The Morgan fingerprint density at radius 3 is 2.65 bits per heavy atom. The van der Waals surface area contributed by atoms with Crippen LogP contribution in [-0.4, -0.2) is 32.8 Å². The lowest BCUT2D eigenvalue weighted by atomic mass is 10.1. The predicted molar refractivity (Wildman–Crippen MR) is 80.6 cm³/mol. The van der Waals surface area contributed by atoms with Gasteiger partial charge in [0.25, 0.3) is 0 Å². The molecular weight excluding hydrogens is 254 g/mol. The third-order valence-electron chi connectivity index (χ3n) is 3.31. The Kier molecular flexibility index (Phi) is 4.66. The lowest BCUT2D eigenvalue weighted by Crippen LogP contribution is -2.13. The molecule has 0 N–H and O–H groups in total. The maximum Gasteiger partial charge on any atom is 0.209 e. The first-order chi connectivity index (χ1) is 9.63. The molecule has 1 atom stereocenters. The second-order valence-corrected chi connectivity index (χ2v) is 5.03. The van der Waals surface area contributed by atoms with Crippen molar-refractivity contribution in [3.63, 3.8) is 0 Å². The van der Waals surface area contributed by atoms with Crippen molar-refractivity contribution in [1.29, 1.82) is 0 Å². The summed E-state index contributed by atoms with van der Waals surface area (Å²) < 4.78 is 16.1. The Morgan fingerprint density at radius 1 is 1.25 bits per heavy atom. The van der Waals surface area contributed by atoms with Crippen molar-refractivity contribution in [2.75, 3.05) is 20.8 Å². The van der Waals surface area contributed by atoms with Crippen molar-refractivity contribution >= 4 is 12.0 Å². The van der Waals surface area contributed by atoms with Gasteiger partial charge in [-0.15, -0.1) is 0 Å². The first-order valence-corrected chi connectivity index (χ1v) is 6.74. The summed E-state index contributed by atoms with van der Waals surface area (Å²) in [4.78, 5) is 4.53. The fourth-order valence-corrected chi connectivity index (χ4v) is 1.96. The SMILES string of the molecule is COc1ccc(/C=C/C2=N[C@@H](C(C)C)CO2)c(OC)c1. The van der Waals surface area contributed by atoms with Crippen LogP contribution in [0, 0.1) is 5.92 Å². The van der Waals surface area contributed by atoms with Crippen LogP contribution in [0.15, 0.2) is 29.3 Å². The van der Waals surface area contributed by atoms with Crippen LogP contribution in [0.2, 0.25) is 0 Å². The largest absolute Gasteiger partial charge is 0.497 e. The second kappa shape index (κ2) is 6.46. The van der Waals surface area contributed by atoms with Crippen LogP contribution in [-0.2, 0) is 4.74 Å². The number of hydrogen-bond acceptors (Lipinski definition) is 4. The summed E-state index contributed by atoms with van der Waals surface area (Å²) in [5.74, 6) is 2.71. The molecule has 0 unspecified atom stereocenters. The molecule has 0 aliphatic carbocycles. The van der Waals surface area contributed by atoms with E-state index >= 15 is 0 Å². The number of ether oxygens (including phenoxy) is 3. The van der Waals surface area contributed by atoms with E-state index in [4.69, 9.17) is 14.2 Å². The van der Waals surface area contributed by atoms with Gasteiger partial charge in [0.1, 0.15) is 18.1 Å². The molecule has 0 radical (unpaired) electrons. The minimum Gasteiger partial charge on any atom is -0.497 e. The zero-order valence-corrected chi connectivity index (χ0v) is 12.4. The van der Waals surface area contributed by atoms with Crippen molar-refractivity contribution in [3.8, 4) is 11.5 Å². The number of aliphatic imine (C=N–C) groups is 1. The molecule has 1 aliphatic rings. The molecule has 0 amide bonds. The Hall–Kier alpha value is -1.97. The van der Waals surface area contributed by atoms with Gasteiger partial charge in [-0.2, -0.15) is 0 Å². The average molecular weight is 275 g/mol. The van der Waals surface area contributed by atoms with Crippen LogP contribution in [0.3, 0.4) is 0 Å². The van der Waals surface area contributed by atoms with Gasteiger partial charge >= 0.3 is 0 Å². The first-order valence-electron chi connectivity index (χ1n) is 6.74. The minimum atomic E-state index is 0.257. The molecule has 1 heterocycles. The molecule has 1 aliphatic heterocycles. The van der Waals surface area contributed by atoms with Crippen molar-refractivity contribution in [2.45, 2.75) is 19.9 Å². The number of methoxy groups -OCH3 is 2. The quantitative estimate of drug-likeness (QED) is 0.828. The smallest absolute Gasteiger partial charge is 0.209 e. The summed E-state index contributed by atoms with van der Waals surface area (Å²) in [6, 6.07) is 5.96. The maximum atomic E-state index is 5.56. The molecule has 108 valence electrons. The molecule has 0 fully saturated rings. The van der Waals surface area contributed by atoms with Gasteiger partial charge in [-0.05, 0) is 24.1 Å². The summed E-state index contributed by atoms with van der Waals surface area (Å²) in [6.45, 7) is 4.96. The van der Waals surface area contributed by atoms with Crippen molar-refractivity contribution in [3.05, 3.63) is 29.8 Å². The summed E-state index contributed by atoms with van der Waals surface area (Å²) in [5, 5.41) is 0. The van der Waals surface area contributed by atoms with Gasteiger partial charge in [0.05, 0.1) is 20.3 Å². The summed E-state index contributed by atoms with van der Waals surface area (Å²) >= 11 is 0. The topological polar surface area (TPSA) is 40.0 Å². The molecule has 0 saturated carbocycles. The lowest BCUT2D eigenvalue weighted by molar-refractivity contribution is 0.293. The molecule has 20 heavy (non-hydrogen) atoms. The first kappa shape index (κ1) is 14.4. The van der Waals surface area contributed by atoms with Gasteiger partial charge in [-0.25, -0.2) is 4.99 Å². The van der Waals surface area contributed by atoms with E-state index < -0.39 is 0 Å². The third-order valence-corrected chi connectivity index (χ3v) is 3.31. The van der Waals surface area contributed by atoms with Gasteiger partial charge in [0.2, 0.25) is 5.90 Å². The maximum absolute atomic E-state index is 5.56. The zero-order valence-electron chi connectivity index (χ0n) is 12.4. The van der Waals surface area contributed by atoms with E-state index in [1.54, 1.807) is 14.2 Å². The normalized spacial score (nSPS) is 18.2. The van der Waals surface area contributed by atoms with E-state index in [0.29, 0.717) is 18.4 Å². The monoisotopic (exact) mass is 275 g/mol. The molecule has 0 aromatic heterocycles. The van der Waals surface area contributed by atoms with Crippen LogP contribution in [0.4, 0.5) is 0 Å². The molecule has 4 nitrogen and oxygen atoms in total. The van der Waals surface area contributed by atoms with Crippen LogP contribution < -0.4 is 9.47 Å². The number of hydrogen-bond donors (Lipinski definition) is 0. The molecule has 0 bridgehead atoms. The number of benzene rings is 1. The van der Waals surface area contributed by atoms with E-state index in [-0.39, 0.29) is 6.04 Å². The highest BCUT2D eigenvalue weighted by Crippen LogP contribution is 2.26. The molecule has 1 aromatic carbocycles. The molecule has 0 spiro atoms. The Morgan fingerprint density at radius 2 is 2.05 bits per heavy atom. The number of rotatable bonds is 5. The number of nitrogens with zero attached hydrogens (tertiary/aromatic N) is 1. The highest BCUT2D eigenvalue weighted by Gasteiger charge is 2.20. The van der Waals surface area contributed by atoms with Crippen molar-refractivity contribution in [1.82, 2.24) is 0 Å². The van der Waals surface area contributed by atoms with E-state index in [1.807, 2.05) is 30.4 Å². The highest BCUT2D eigenvalue weighted by molar-refractivity contribution is 5.93. The standard InChI is InChI=1S/C16H21NO3/c1-11(2)14-10-20-16(17-14)8-6-12-5-7-13(18-3)9-15(12)19-4/h5-9,11,14H,10H2,1-4H3/b8-6+/t14-/m1/s1. The van der Waals surface area contributed by atoms with Gasteiger partial charge in [-0.1, -0.05) is 13.8 Å². The van der Waals surface area contributed by atoms with Gasteiger partial charge < -0.3 is 14.2 Å². The second-order valence-electron chi connectivity index (χ2n) is 5.03. The van der Waals surface area contributed by atoms with E-state index in [2.05, 4.69) is 18.8 Å². The Balaban J connectivity index is 2.14. The molecule has 2 rings (SSSR count). The van der Waals surface area contributed by atoms with Gasteiger partial charge in [0, 0.05) is 17.7 Å². The lowest BCUT2D eigenvalue weighted by Gasteiger charge is -2.07. The average Bonchev–Trinajstić information content (AvgIpc) is 2.94. The molecule has 4 heteroatoms. The zero-order chi connectivity index (χ0) is 14.5. The van der Waals surface area contributed by atoms with Crippen LogP contribution in [0.1, 0.15) is 19.4 Å². The predicted octanol–water partition coefficient (Wildman–Crippen LogP) is 3.17. The third kappa shape index (κ3) is 3.32. The Labute approximate surface area is 120 Å². The van der Waals surface area contributed by atoms with Crippen LogP contribution in [0.25, 0.3) is 6.08 Å². The summed E-state index contributed by atoms with van der Waals surface area (Å²) in [5.41, 5.74) is 0.965. The van der Waals surface area contributed by atoms with Crippen LogP contribution in [0.5, 0.6) is 11.5 Å². The molecule has 0 saturated heterocycles. The Bertz CT molecular complexity index is 520. The van der Waals surface area contributed by atoms with Gasteiger partial charge in [0.15, 0.2) is 0 Å². The van der Waals surface area contributed by atoms with Gasteiger partial charge in [-0.3, -0.25) is 0 Å². The fourth-order valence-electron chi connectivity index (χ4n) is 1.96. The minimum absolute atomic E-state index is 0.257. The van der Waals surface area contributed by atoms with Crippen molar-refractivity contribution in [2.24, 2.45) is 10.9 Å². The van der Waals surface area contributed by atoms with Crippen LogP contribution >= 0.6 is 0 Å². The molecular formula is C16H21NO3. The summed E-state index contributed by atoms with van der Waals surface area (Å²) in [7, 11) is 3.28. The van der Waals surface area contributed by atoms with Crippen molar-refractivity contribution < 1.29 is 14.2 Å². The van der Waals surface area contributed by atoms with E-state index in [0.717, 1.165) is 17.1 Å². The highest BCUT2D eigenvalue weighted by atomic mass is 16.5. The fraction of sp³-hybridized carbons (Fsp3) is 0.438. The summed E-state index contributed by atoms with van der Waals surface area (Å²) in [6.07, 6.45) is 3.83. The molecule has 1 aromatic rings.